The molecule has 4 rings (SSSR count). The van der Waals surface area contributed by atoms with Crippen LogP contribution in [0.15, 0.2) is 0 Å². The lowest BCUT2D eigenvalue weighted by atomic mass is 9.48. The molecular formula is C11H16O3. The third-order valence-corrected chi connectivity index (χ3v) is 4.48. The van der Waals surface area contributed by atoms with E-state index in [2.05, 4.69) is 0 Å². The van der Waals surface area contributed by atoms with Gasteiger partial charge in [0.2, 0.25) is 0 Å². The average Bonchev–Trinajstić information content (AvgIpc) is 1.98. The van der Waals surface area contributed by atoms with Gasteiger partial charge in [-0.15, -0.1) is 0 Å². The van der Waals surface area contributed by atoms with Gasteiger partial charge in [0.1, 0.15) is 0 Å². The van der Waals surface area contributed by atoms with Gasteiger partial charge in [0, 0.05) is 0 Å². The van der Waals surface area contributed by atoms with E-state index in [0.717, 1.165) is 32.1 Å². The highest BCUT2D eigenvalue weighted by atomic mass is 16.4. The van der Waals surface area contributed by atoms with Crippen molar-refractivity contribution in [2.45, 2.75) is 44.1 Å². The number of carbonyl (C=O) groups is 1. The Bertz CT molecular complexity index is 283. The summed E-state index contributed by atoms with van der Waals surface area (Å²) in [6, 6.07) is 0. The summed E-state index contributed by atoms with van der Waals surface area (Å²) in [5, 5.41) is 19.5. The van der Waals surface area contributed by atoms with Gasteiger partial charge in [0.15, 0.2) is 0 Å². The second kappa shape index (κ2) is 2.32. The zero-order chi connectivity index (χ0) is 9.97. The van der Waals surface area contributed by atoms with E-state index in [9.17, 15) is 15.0 Å². The van der Waals surface area contributed by atoms with Gasteiger partial charge in [0.25, 0.3) is 0 Å². The molecule has 4 saturated carbocycles. The van der Waals surface area contributed by atoms with Gasteiger partial charge >= 0.3 is 5.97 Å². The molecule has 14 heavy (non-hydrogen) atoms. The van der Waals surface area contributed by atoms with E-state index in [-0.39, 0.29) is 0 Å². The first kappa shape index (κ1) is 8.72. The van der Waals surface area contributed by atoms with Crippen LogP contribution in [0.2, 0.25) is 0 Å². The molecule has 4 bridgehead atoms. The van der Waals surface area contributed by atoms with Crippen molar-refractivity contribution in [3.63, 3.8) is 0 Å². The van der Waals surface area contributed by atoms with E-state index in [4.69, 9.17) is 0 Å². The summed E-state index contributed by atoms with van der Waals surface area (Å²) in [5.74, 6) is 0.264. The Morgan fingerprint density at radius 2 is 1.71 bits per heavy atom. The summed E-state index contributed by atoms with van der Waals surface area (Å²) in [5.41, 5.74) is -1.21. The molecule has 0 spiro atoms. The van der Waals surface area contributed by atoms with Crippen LogP contribution in [0.4, 0.5) is 0 Å². The lowest BCUT2D eigenvalue weighted by Crippen LogP contribution is -2.58. The number of aliphatic hydroxyl groups is 1. The fraction of sp³-hybridized carbons (Fsp3) is 0.909. The zero-order valence-corrected chi connectivity index (χ0v) is 8.20. The number of hydrogen-bond donors (Lipinski definition) is 2. The minimum absolute atomic E-state index is 0.470. The van der Waals surface area contributed by atoms with Gasteiger partial charge in [-0.3, -0.25) is 4.79 Å². The number of aliphatic carboxylic acids is 1. The van der Waals surface area contributed by atoms with E-state index in [1.165, 1.54) is 0 Å². The Kier molecular flexibility index (Phi) is 1.45. The first-order valence-electron chi connectivity index (χ1n) is 5.47. The van der Waals surface area contributed by atoms with Crippen molar-refractivity contribution in [3.05, 3.63) is 0 Å². The molecule has 3 nitrogen and oxygen atoms in total. The van der Waals surface area contributed by atoms with Gasteiger partial charge in [0.05, 0.1) is 11.0 Å². The van der Waals surface area contributed by atoms with Gasteiger partial charge < -0.3 is 10.2 Å². The van der Waals surface area contributed by atoms with Crippen LogP contribution in [-0.2, 0) is 4.79 Å². The molecule has 2 N–H and O–H groups in total. The fourth-order valence-corrected chi connectivity index (χ4v) is 4.46. The number of carboxylic acid groups (broad SMARTS) is 1. The van der Waals surface area contributed by atoms with Crippen LogP contribution in [-0.4, -0.2) is 21.8 Å². The second-order valence-corrected chi connectivity index (χ2v) is 5.77. The summed E-state index contributed by atoms with van der Waals surface area (Å²) in [4.78, 5) is 11.3. The van der Waals surface area contributed by atoms with Gasteiger partial charge in [-0.1, -0.05) is 0 Å². The van der Waals surface area contributed by atoms with Crippen molar-refractivity contribution in [3.8, 4) is 0 Å². The normalized spacial score (nSPS) is 54.9. The lowest BCUT2D eigenvalue weighted by molar-refractivity contribution is -0.191. The molecule has 78 valence electrons. The molecule has 2 unspecified atom stereocenters. The van der Waals surface area contributed by atoms with Gasteiger partial charge in [-0.2, -0.15) is 0 Å². The molecule has 0 aromatic carbocycles. The molecule has 4 aliphatic carbocycles. The quantitative estimate of drug-likeness (QED) is 0.666. The van der Waals surface area contributed by atoms with Crippen molar-refractivity contribution in [2.75, 3.05) is 0 Å². The summed E-state index contributed by atoms with van der Waals surface area (Å²) in [6.45, 7) is 0. The zero-order valence-electron chi connectivity index (χ0n) is 8.20. The Morgan fingerprint density at radius 3 is 2.14 bits per heavy atom. The third-order valence-electron chi connectivity index (χ3n) is 4.48. The van der Waals surface area contributed by atoms with E-state index >= 15 is 0 Å². The number of hydrogen-bond acceptors (Lipinski definition) is 2. The van der Waals surface area contributed by atoms with Crippen molar-refractivity contribution >= 4 is 5.97 Å². The SMILES string of the molecule is O=C(O)C12C[C@@H]3C[C@@H](CC(O)(C3)C1)C2. The van der Waals surface area contributed by atoms with Crippen LogP contribution in [0, 0.1) is 17.3 Å². The molecule has 0 aliphatic heterocycles. The smallest absolute Gasteiger partial charge is 0.309 e. The first-order valence-corrected chi connectivity index (χ1v) is 5.47. The summed E-state index contributed by atoms with van der Waals surface area (Å²) >= 11 is 0. The molecule has 0 aromatic rings. The molecule has 4 atom stereocenters. The Morgan fingerprint density at radius 1 is 1.14 bits per heavy atom. The highest BCUT2D eigenvalue weighted by molar-refractivity contribution is 5.75. The van der Waals surface area contributed by atoms with E-state index < -0.39 is 17.0 Å². The fourth-order valence-electron chi connectivity index (χ4n) is 4.46. The molecule has 0 aromatic heterocycles. The molecule has 4 fully saturated rings. The summed E-state index contributed by atoms with van der Waals surface area (Å²) in [7, 11) is 0. The van der Waals surface area contributed by atoms with Crippen LogP contribution in [0.3, 0.4) is 0 Å². The summed E-state index contributed by atoms with van der Waals surface area (Å²) < 4.78 is 0. The highest BCUT2D eigenvalue weighted by Gasteiger charge is 2.60. The monoisotopic (exact) mass is 196 g/mol. The molecule has 0 heterocycles. The number of carboxylic acids is 1. The van der Waals surface area contributed by atoms with Crippen molar-refractivity contribution in [1.29, 1.82) is 0 Å². The third kappa shape index (κ3) is 0.991. The highest BCUT2D eigenvalue weighted by Crippen LogP contribution is 2.61. The lowest BCUT2D eigenvalue weighted by Gasteiger charge is -2.58. The maximum absolute atomic E-state index is 11.3. The summed E-state index contributed by atoms with van der Waals surface area (Å²) in [6.07, 6.45) is 4.96. The average molecular weight is 196 g/mol. The van der Waals surface area contributed by atoms with Crippen molar-refractivity contribution in [1.82, 2.24) is 0 Å². The van der Waals surface area contributed by atoms with E-state index in [1.807, 2.05) is 0 Å². The first-order chi connectivity index (χ1) is 6.51. The molecular weight excluding hydrogens is 180 g/mol. The van der Waals surface area contributed by atoms with Crippen LogP contribution in [0.1, 0.15) is 38.5 Å². The predicted molar refractivity (Wildman–Crippen MR) is 49.7 cm³/mol. The molecule has 0 saturated heterocycles. The van der Waals surface area contributed by atoms with Gasteiger partial charge in [-0.25, -0.2) is 0 Å². The minimum atomic E-state index is -0.676. The van der Waals surface area contributed by atoms with Crippen molar-refractivity contribution in [2.24, 2.45) is 17.3 Å². The van der Waals surface area contributed by atoms with Gasteiger partial charge in [-0.05, 0) is 50.4 Å². The molecule has 3 heteroatoms. The standard InChI is InChI=1S/C11H16O3/c12-9(13)10-2-7-1-8(3-10)5-11(14,4-7)6-10/h7-8,14H,1-6H2,(H,12,13)/t7-,8+,10?,11?. The maximum atomic E-state index is 11.3. The predicted octanol–water partition coefficient (Wildman–Crippen LogP) is 1.40. The number of rotatable bonds is 1. The maximum Gasteiger partial charge on any atom is 0.309 e. The largest absolute Gasteiger partial charge is 0.481 e. The molecule has 0 radical (unpaired) electrons. The molecule has 0 amide bonds. The second-order valence-electron chi connectivity index (χ2n) is 5.77. The Labute approximate surface area is 83.1 Å². The van der Waals surface area contributed by atoms with Crippen LogP contribution >= 0.6 is 0 Å². The van der Waals surface area contributed by atoms with Crippen molar-refractivity contribution < 1.29 is 15.0 Å². The van der Waals surface area contributed by atoms with E-state index in [0.29, 0.717) is 18.3 Å². The van der Waals surface area contributed by atoms with E-state index in [1.54, 1.807) is 0 Å². The minimum Gasteiger partial charge on any atom is -0.481 e. The Hall–Kier alpha value is -0.570. The van der Waals surface area contributed by atoms with Crippen LogP contribution in [0.5, 0.6) is 0 Å². The topological polar surface area (TPSA) is 57.5 Å². The van der Waals surface area contributed by atoms with Crippen LogP contribution < -0.4 is 0 Å². The molecule has 4 aliphatic rings. The van der Waals surface area contributed by atoms with Crippen LogP contribution in [0.25, 0.3) is 0 Å². The Balaban J connectivity index is 2.00.